The topological polar surface area (TPSA) is 78.9 Å². The van der Waals surface area contributed by atoms with Gasteiger partial charge in [0.15, 0.2) is 6.10 Å². The second kappa shape index (κ2) is 45.1. The van der Waals surface area contributed by atoms with Gasteiger partial charge in [-0.1, -0.05) is 239 Å². The maximum absolute atomic E-state index is 12.5. The van der Waals surface area contributed by atoms with Gasteiger partial charge in [0, 0.05) is 19.3 Å². The number of hydrogen-bond donors (Lipinski definition) is 0. The molecule has 326 valence electrons. The van der Waals surface area contributed by atoms with Crippen LogP contribution in [0.3, 0.4) is 0 Å². The second-order valence-electron chi connectivity index (χ2n) is 16.7. The predicted molar refractivity (Wildman–Crippen MR) is 233 cm³/mol. The smallest absolute Gasteiger partial charge is 0.306 e. The molecule has 0 radical (unpaired) electrons. The maximum atomic E-state index is 12.5. The molecule has 0 bridgehead atoms. The third-order valence-corrected chi connectivity index (χ3v) is 11.1. The van der Waals surface area contributed by atoms with Crippen LogP contribution in [0.2, 0.25) is 0 Å². The lowest BCUT2D eigenvalue weighted by Gasteiger charge is -2.18. The molecule has 0 amide bonds. The Morgan fingerprint density at radius 2 is 0.491 bits per heavy atom. The molecule has 0 saturated heterocycles. The summed E-state index contributed by atoms with van der Waals surface area (Å²) in [5.74, 6) is -0.861. The largest absolute Gasteiger partial charge is 0.462 e. The van der Waals surface area contributed by atoms with Gasteiger partial charge in [0.1, 0.15) is 13.2 Å². The average Bonchev–Trinajstić information content (AvgIpc) is 3.18. The van der Waals surface area contributed by atoms with Crippen LogP contribution in [0.1, 0.15) is 278 Å². The summed E-state index contributed by atoms with van der Waals surface area (Å²) >= 11 is 0. The zero-order valence-electron chi connectivity index (χ0n) is 37.2. The first-order valence-electron chi connectivity index (χ1n) is 24.5. The van der Waals surface area contributed by atoms with Crippen LogP contribution in [-0.4, -0.2) is 37.2 Å². The van der Waals surface area contributed by atoms with Gasteiger partial charge in [-0.3, -0.25) is 14.4 Å². The SMILES string of the molecule is CCCCCCCCCCCCCCCCCCCC(=O)OC[C@@H](COC(=O)CCCCCCCCCCCCCCCCC)OC(=O)CCCCCCC. The molecule has 0 aliphatic heterocycles. The quantitative estimate of drug-likeness (QED) is 0.0348. The fourth-order valence-corrected chi connectivity index (χ4v) is 7.38. The summed E-state index contributed by atoms with van der Waals surface area (Å²) in [7, 11) is 0. The minimum Gasteiger partial charge on any atom is -0.462 e. The summed E-state index contributed by atoms with van der Waals surface area (Å²) in [6, 6.07) is 0. The van der Waals surface area contributed by atoms with Crippen molar-refractivity contribution in [2.24, 2.45) is 0 Å². The zero-order chi connectivity index (χ0) is 40.1. The van der Waals surface area contributed by atoms with Crippen LogP contribution < -0.4 is 0 Å². The molecule has 0 aromatic heterocycles. The van der Waals surface area contributed by atoms with Crippen molar-refractivity contribution >= 4 is 17.9 Å². The second-order valence-corrected chi connectivity index (χ2v) is 16.7. The van der Waals surface area contributed by atoms with E-state index in [-0.39, 0.29) is 31.1 Å². The molecule has 0 spiro atoms. The Morgan fingerprint density at radius 3 is 0.727 bits per heavy atom. The molecule has 6 heteroatoms. The zero-order valence-corrected chi connectivity index (χ0v) is 37.2. The summed E-state index contributed by atoms with van der Waals surface area (Å²) in [6.07, 6.45) is 46.9. The van der Waals surface area contributed by atoms with Gasteiger partial charge in [-0.25, -0.2) is 0 Å². The average molecular weight is 779 g/mol. The summed E-state index contributed by atoms with van der Waals surface area (Å²) < 4.78 is 16.6. The highest BCUT2D eigenvalue weighted by Crippen LogP contribution is 2.16. The van der Waals surface area contributed by atoms with Gasteiger partial charge < -0.3 is 14.2 Å². The number of carbonyl (C=O) groups is 3. The maximum Gasteiger partial charge on any atom is 0.306 e. The van der Waals surface area contributed by atoms with Crippen molar-refractivity contribution in [3.63, 3.8) is 0 Å². The number of rotatable bonds is 45. The molecule has 0 aliphatic rings. The highest BCUT2D eigenvalue weighted by atomic mass is 16.6. The molecule has 0 rings (SSSR count). The monoisotopic (exact) mass is 779 g/mol. The Labute approximate surface area is 342 Å². The summed E-state index contributed by atoms with van der Waals surface area (Å²) in [4.78, 5) is 37.5. The van der Waals surface area contributed by atoms with Crippen LogP contribution in [-0.2, 0) is 28.6 Å². The van der Waals surface area contributed by atoms with Crippen LogP contribution >= 0.6 is 0 Å². The minimum absolute atomic E-state index is 0.0639. The third-order valence-electron chi connectivity index (χ3n) is 11.1. The summed E-state index contributed by atoms with van der Waals surface area (Å²) in [5, 5.41) is 0. The van der Waals surface area contributed by atoms with Gasteiger partial charge in [-0.05, 0) is 19.3 Å². The molecule has 0 aliphatic carbocycles. The number of ether oxygens (including phenoxy) is 3. The van der Waals surface area contributed by atoms with Crippen molar-refractivity contribution < 1.29 is 28.6 Å². The lowest BCUT2D eigenvalue weighted by Crippen LogP contribution is -2.30. The van der Waals surface area contributed by atoms with Gasteiger partial charge in [-0.2, -0.15) is 0 Å². The Morgan fingerprint density at radius 1 is 0.291 bits per heavy atom. The molecule has 55 heavy (non-hydrogen) atoms. The van der Waals surface area contributed by atoms with E-state index >= 15 is 0 Å². The molecule has 1 atom stereocenters. The normalized spacial score (nSPS) is 11.8. The van der Waals surface area contributed by atoms with E-state index in [0.29, 0.717) is 19.3 Å². The number of esters is 3. The van der Waals surface area contributed by atoms with Crippen molar-refractivity contribution in [3.05, 3.63) is 0 Å². The molecule has 0 N–H and O–H groups in total. The van der Waals surface area contributed by atoms with Crippen molar-refractivity contribution in [2.75, 3.05) is 13.2 Å². The molecule has 0 heterocycles. The van der Waals surface area contributed by atoms with E-state index in [2.05, 4.69) is 20.8 Å². The third kappa shape index (κ3) is 43.4. The minimum atomic E-state index is -0.757. The van der Waals surface area contributed by atoms with E-state index in [1.54, 1.807) is 0 Å². The Hall–Kier alpha value is -1.59. The standard InChI is InChI=1S/C49H94O6/c1-4-7-10-13-15-17-19-21-23-24-26-28-30-32-34-37-39-42-48(51)54-45-46(55-49(52)43-40-35-12-9-6-3)44-53-47(50)41-38-36-33-31-29-27-25-22-20-18-16-14-11-8-5-2/h46H,4-45H2,1-3H3/t46-/m1/s1. The number of hydrogen-bond acceptors (Lipinski definition) is 6. The van der Waals surface area contributed by atoms with E-state index in [1.807, 2.05) is 0 Å². The summed E-state index contributed by atoms with van der Waals surface area (Å²) in [6.45, 7) is 6.59. The lowest BCUT2D eigenvalue weighted by atomic mass is 10.0. The first-order valence-corrected chi connectivity index (χ1v) is 24.5. The van der Waals surface area contributed by atoms with Crippen LogP contribution in [0.4, 0.5) is 0 Å². The molecule has 0 saturated carbocycles. The Kier molecular flexibility index (Phi) is 43.8. The Bertz CT molecular complexity index is 813. The molecule has 6 nitrogen and oxygen atoms in total. The van der Waals surface area contributed by atoms with E-state index in [9.17, 15) is 14.4 Å². The number of carbonyl (C=O) groups excluding carboxylic acids is 3. The van der Waals surface area contributed by atoms with Crippen LogP contribution in [0.25, 0.3) is 0 Å². The Balaban J connectivity index is 4.07. The number of unbranched alkanes of at least 4 members (excludes halogenated alkanes) is 34. The van der Waals surface area contributed by atoms with Crippen molar-refractivity contribution in [1.82, 2.24) is 0 Å². The highest BCUT2D eigenvalue weighted by molar-refractivity contribution is 5.71. The van der Waals surface area contributed by atoms with Gasteiger partial charge in [0.25, 0.3) is 0 Å². The van der Waals surface area contributed by atoms with Gasteiger partial charge in [0.2, 0.25) is 0 Å². The first kappa shape index (κ1) is 53.4. The molecule has 0 unspecified atom stereocenters. The predicted octanol–water partition coefficient (Wildman–Crippen LogP) is 15.6. The fourth-order valence-electron chi connectivity index (χ4n) is 7.38. The van der Waals surface area contributed by atoms with E-state index in [0.717, 1.165) is 64.2 Å². The van der Waals surface area contributed by atoms with Crippen molar-refractivity contribution in [2.45, 2.75) is 284 Å². The van der Waals surface area contributed by atoms with E-state index < -0.39 is 6.10 Å². The molecule has 0 aromatic rings. The van der Waals surface area contributed by atoms with Crippen LogP contribution in [0.5, 0.6) is 0 Å². The van der Waals surface area contributed by atoms with Gasteiger partial charge >= 0.3 is 17.9 Å². The molecule has 0 fully saturated rings. The van der Waals surface area contributed by atoms with Crippen LogP contribution in [0, 0.1) is 0 Å². The highest BCUT2D eigenvalue weighted by Gasteiger charge is 2.19. The molecule has 0 aromatic carbocycles. The first-order chi connectivity index (χ1) is 27.0. The van der Waals surface area contributed by atoms with Gasteiger partial charge in [-0.15, -0.1) is 0 Å². The summed E-state index contributed by atoms with van der Waals surface area (Å²) in [5.41, 5.74) is 0. The van der Waals surface area contributed by atoms with E-state index in [4.69, 9.17) is 14.2 Å². The molecular formula is C49H94O6. The van der Waals surface area contributed by atoms with Crippen molar-refractivity contribution in [1.29, 1.82) is 0 Å². The van der Waals surface area contributed by atoms with Crippen molar-refractivity contribution in [3.8, 4) is 0 Å². The molecular weight excluding hydrogens is 685 g/mol. The lowest BCUT2D eigenvalue weighted by molar-refractivity contribution is -0.167. The fraction of sp³-hybridized carbons (Fsp3) is 0.939. The van der Waals surface area contributed by atoms with Crippen LogP contribution in [0.15, 0.2) is 0 Å². The van der Waals surface area contributed by atoms with E-state index in [1.165, 1.54) is 173 Å². The van der Waals surface area contributed by atoms with Gasteiger partial charge in [0.05, 0.1) is 0 Å².